The van der Waals surface area contributed by atoms with E-state index in [1.54, 1.807) is 12.1 Å². The Bertz CT molecular complexity index is 590. The second-order valence-electron chi connectivity index (χ2n) is 3.84. The van der Waals surface area contributed by atoms with Crippen molar-refractivity contribution in [2.75, 3.05) is 5.75 Å². The average molecular weight is 270 g/mol. The van der Waals surface area contributed by atoms with Crippen molar-refractivity contribution in [2.24, 2.45) is 5.14 Å². The Morgan fingerprint density at radius 3 is 2.00 bits per heavy atom. The molecule has 8 heteroatoms. The Morgan fingerprint density at radius 1 is 1.17 bits per heavy atom. The molecule has 1 atom stereocenters. The van der Waals surface area contributed by atoms with Crippen molar-refractivity contribution in [3.05, 3.63) is 35.4 Å². The zero-order valence-electron chi connectivity index (χ0n) is 9.11. The van der Waals surface area contributed by atoms with Crippen LogP contribution in [-0.4, -0.2) is 42.2 Å². The summed E-state index contributed by atoms with van der Waals surface area (Å²) >= 11 is 0. The number of rotatable bonds is 3. The molecule has 96 valence electrons. The lowest BCUT2D eigenvalue weighted by molar-refractivity contribution is 0.0226. The van der Waals surface area contributed by atoms with Gasteiger partial charge in [0, 0.05) is 0 Å². The number of imide groups is 1. The number of benzene rings is 1. The summed E-state index contributed by atoms with van der Waals surface area (Å²) in [6.07, 6.45) is -1.78. The summed E-state index contributed by atoms with van der Waals surface area (Å²) < 4.78 is 21.7. The van der Waals surface area contributed by atoms with E-state index in [1.165, 1.54) is 12.1 Å². The van der Waals surface area contributed by atoms with E-state index in [2.05, 4.69) is 0 Å². The van der Waals surface area contributed by atoms with Gasteiger partial charge in [-0.1, -0.05) is 12.1 Å². The fourth-order valence-corrected chi connectivity index (χ4v) is 2.33. The first-order valence-electron chi connectivity index (χ1n) is 4.97. The number of fused-ring (bicyclic) bond motifs is 1. The molecule has 2 amide bonds. The molecule has 1 aromatic rings. The summed E-state index contributed by atoms with van der Waals surface area (Å²) in [4.78, 5) is 24.2. The minimum absolute atomic E-state index is 0.135. The lowest BCUT2D eigenvalue weighted by Gasteiger charge is -2.19. The highest BCUT2D eigenvalue weighted by Crippen LogP contribution is 2.23. The van der Waals surface area contributed by atoms with Crippen LogP contribution in [0.4, 0.5) is 0 Å². The fraction of sp³-hybridized carbons (Fsp3) is 0.200. The van der Waals surface area contributed by atoms with Crippen molar-refractivity contribution in [2.45, 2.75) is 6.23 Å². The van der Waals surface area contributed by atoms with E-state index in [-0.39, 0.29) is 11.1 Å². The predicted octanol–water partition coefficient (Wildman–Crippen LogP) is -1.11. The topological polar surface area (TPSA) is 118 Å². The second kappa shape index (κ2) is 4.16. The summed E-state index contributed by atoms with van der Waals surface area (Å²) in [6.45, 7) is 0. The maximum Gasteiger partial charge on any atom is 0.263 e. The quantitative estimate of drug-likeness (QED) is 0.675. The SMILES string of the molecule is NS(=O)(=O)CC(O)N1C(=O)c2ccccc2C1=O. The van der Waals surface area contributed by atoms with E-state index in [4.69, 9.17) is 5.14 Å². The molecule has 0 aromatic heterocycles. The first kappa shape index (κ1) is 12.7. The fourth-order valence-electron chi connectivity index (χ4n) is 1.76. The van der Waals surface area contributed by atoms with Gasteiger partial charge in [-0.05, 0) is 12.1 Å². The highest BCUT2D eigenvalue weighted by molar-refractivity contribution is 7.89. The number of carbonyl (C=O) groups excluding carboxylic acids is 2. The molecule has 18 heavy (non-hydrogen) atoms. The van der Waals surface area contributed by atoms with E-state index in [0.29, 0.717) is 4.90 Å². The zero-order valence-corrected chi connectivity index (χ0v) is 9.92. The van der Waals surface area contributed by atoms with Gasteiger partial charge in [-0.3, -0.25) is 9.59 Å². The molecule has 1 aliphatic heterocycles. The molecule has 1 aliphatic rings. The number of hydrogen-bond donors (Lipinski definition) is 2. The Labute approximate surface area is 103 Å². The molecule has 3 N–H and O–H groups in total. The molecular formula is C10H10N2O5S. The van der Waals surface area contributed by atoms with Crippen LogP contribution in [-0.2, 0) is 10.0 Å². The molecule has 0 spiro atoms. The molecule has 1 heterocycles. The van der Waals surface area contributed by atoms with Crippen LogP contribution in [0.25, 0.3) is 0 Å². The monoisotopic (exact) mass is 270 g/mol. The van der Waals surface area contributed by atoms with Crippen molar-refractivity contribution >= 4 is 21.8 Å². The molecule has 0 radical (unpaired) electrons. The summed E-state index contributed by atoms with van der Waals surface area (Å²) in [7, 11) is -3.99. The van der Waals surface area contributed by atoms with Crippen LogP contribution in [0.1, 0.15) is 20.7 Å². The summed E-state index contributed by atoms with van der Waals surface area (Å²) in [5.74, 6) is -2.35. The highest BCUT2D eigenvalue weighted by Gasteiger charge is 2.40. The number of carbonyl (C=O) groups is 2. The van der Waals surface area contributed by atoms with Crippen molar-refractivity contribution in [3.63, 3.8) is 0 Å². The molecule has 1 aromatic carbocycles. The maximum absolute atomic E-state index is 11.8. The van der Waals surface area contributed by atoms with Crippen LogP contribution < -0.4 is 5.14 Å². The maximum atomic E-state index is 11.8. The van der Waals surface area contributed by atoms with Gasteiger partial charge in [0.25, 0.3) is 11.8 Å². The number of aliphatic hydroxyl groups is 1. The Morgan fingerprint density at radius 2 is 1.61 bits per heavy atom. The van der Waals surface area contributed by atoms with Crippen LogP contribution in [0.2, 0.25) is 0 Å². The third kappa shape index (κ3) is 2.13. The summed E-state index contributed by atoms with van der Waals surface area (Å²) in [5.41, 5.74) is 0.270. The van der Waals surface area contributed by atoms with Crippen molar-refractivity contribution in [1.29, 1.82) is 0 Å². The molecule has 0 bridgehead atoms. The van der Waals surface area contributed by atoms with Crippen LogP contribution in [0.15, 0.2) is 24.3 Å². The zero-order chi connectivity index (χ0) is 13.5. The predicted molar refractivity (Wildman–Crippen MR) is 60.9 cm³/mol. The lowest BCUT2D eigenvalue weighted by Crippen LogP contribution is -2.44. The number of primary sulfonamides is 1. The summed E-state index contributed by atoms with van der Waals surface area (Å²) in [6, 6.07) is 6.00. The van der Waals surface area contributed by atoms with Crippen LogP contribution in [0.3, 0.4) is 0 Å². The molecule has 0 saturated carbocycles. The molecular weight excluding hydrogens is 260 g/mol. The van der Waals surface area contributed by atoms with Gasteiger partial charge in [-0.15, -0.1) is 0 Å². The standard InChI is InChI=1S/C10H10N2O5S/c11-18(16,17)5-8(13)12-9(14)6-3-1-2-4-7(6)10(12)15/h1-4,8,13H,5H2,(H2,11,16,17). The number of aliphatic hydroxyl groups excluding tert-OH is 1. The van der Waals surface area contributed by atoms with E-state index in [0.717, 1.165) is 0 Å². The molecule has 0 saturated heterocycles. The van der Waals surface area contributed by atoms with E-state index in [1.807, 2.05) is 0 Å². The number of sulfonamides is 1. The second-order valence-corrected chi connectivity index (χ2v) is 5.50. The minimum Gasteiger partial charge on any atom is -0.372 e. The molecule has 7 nitrogen and oxygen atoms in total. The van der Waals surface area contributed by atoms with Crippen LogP contribution in [0, 0.1) is 0 Å². The highest BCUT2D eigenvalue weighted by atomic mass is 32.2. The molecule has 1 unspecified atom stereocenters. The molecule has 2 rings (SSSR count). The average Bonchev–Trinajstić information content (AvgIpc) is 2.50. The van der Waals surface area contributed by atoms with Crippen molar-refractivity contribution < 1.29 is 23.1 Å². The largest absolute Gasteiger partial charge is 0.372 e. The van der Waals surface area contributed by atoms with Gasteiger partial charge in [0.2, 0.25) is 10.0 Å². The molecule has 0 fully saturated rings. The van der Waals surface area contributed by atoms with E-state index >= 15 is 0 Å². The van der Waals surface area contributed by atoms with Crippen LogP contribution >= 0.6 is 0 Å². The van der Waals surface area contributed by atoms with Crippen LogP contribution in [0.5, 0.6) is 0 Å². The normalized spacial score (nSPS) is 16.9. The third-order valence-corrected chi connectivity index (χ3v) is 3.27. The number of nitrogens with two attached hydrogens (primary N) is 1. The molecule has 0 aliphatic carbocycles. The Hall–Kier alpha value is -1.77. The Kier molecular flexibility index (Phi) is 2.93. The summed E-state index contributed by atoms with van der Waals surface area (Å²) in [5, 5.41) is 14.4. The van der Waals surface area contributed by atoms with Crippen molar-refractivity contribution in [1.82, 2.24) is 4.90 Å². The first-order chi connectivity index (χ1) is 8.31. The van der Waals surface area contributed by atoms with Gasteiger partial charge in [0.15, 0.2) is 6.23 Å². The number of hydrogen-bond acceptors (Lipinski definition) is 5. The van der Waals surface area contributed by atoms with E-state index < -0.39 is 33.8 Å². The Balaban J connectivity index is 2.34. The number of nitrogens with zero attached hydrogens (tertiary/aromatic N) is 1. The van der Waals surface area contributed by atoms with Gasteiger partial charge < -0.3 is 5.11 Å². The van der Waals surface area contributed by atoms with Gasteiger partial charge in [-0.25, -0.2) is 18.5 Å². The number of amides is 2. The van der Waals surface area contributed by atoms with Crippen molar-refractivity contribution in [3.8, 4) is 0 Å². The minimum atomic E-state index is -3.99. The van der Waals surface area contributed by atoms with Gasteiger partial charge in [-0.2, -0.15) is 0 Å². The van der Waals surface area contributed by atoms with Gasteiger partial charge in [0.1, 0.15) is 5.75 Å². The van der Waals surface area contributed by atoms with E-state index in [9.17, 15) is 23.1 Å². The lowest BCUT2D eigenvalue weighted by atomic mass is 10.1. The third-order valence-electron chi connectivity index (χ3n) is 2.50. The smallest absolute Gasteiger partial charge is 0.263 e. The first-order valence-corrected chi connectivity index (χ1v) is 6.68. The van der Waals surface area contributed by atoms with Gasteiger partial charge in [0.05, 0.1) is 11.1 Å². The van der Waals surface area contributed by atoms with Gasteiger partial charge >= 0.3 is 0 Å².